The summed E-state index contributed by atoms with van der Waals surface area (Å²) in [6.07, 6.45) is 0. The first kappa shape index (κ1) is 22.2. The van der Waals surface area contributed by atoms with Gasteiger partial charge in [-0.25, -0.2) is 13.1 Å². The van der Waals surface area contributed by atoms with Crippen molar-refractivity contribution >= 4 is 27.5 Å². The van der Waals surface area contributed by atoms with Crippen molar-refractivity contribution in [2.45, 2.75) is 11.4 Å². The minimum absolute atomic E-state index is 0.0243. The number of amides is 1. The smallest absolute Gasteiger partial charge is 0.253 e. The van der Waals surface area contributed by atoms with E-state index in [1.165, 1.54) is 25.2 Å². The van der Waals surface area contributed by atoms with E-state index in [2.05, 4.69) is 10.0 Å². The lowest BCUT2D eigenvalue weighted by atomic mass is 10.2. The van der Waals surface area contributed by atoms with Crippen LogP contribution in [0, 0.1) is 0 Å². The third-order valence-corrected chi connectivity index (χ3v) is 5.69. The molecule has 0 radical (unpaired) electrons. The zero-order valence-electron chi connectivity index (χ0n) is 16.0. The number of halogens is 1. The molecule has 2 aromatic carbocycles. The molecule has 0 fully saturated rings. The molecule has 0 unspecified atom stereocenters. The van der Waals surface area contributed by atoms with Gasteiger partial charge in [-0.1, -0.05) is 23.7 Å². The van der Waals surface area contributed by atoms with E-state index in [1.54, 1.807) is 0 Å². The van der Waals surface area contributed by atoms with Crippen molar-refractivity contribution in [1.82, 2.24) is 14.9 Å². The van der Waals surface area contributed by atoms with Gasteiger partial charge in [-0.3, -0.25) is 4.79 Å². The zero-order chi connectivity index (χ0) is 20.7. The molecule has 0 aliphatic rings. The maximum atomic E-state index is 12.4. The van der Waals surface area contributed by atoms with Crippen molar-refractivity contribution < 1.29 is 17.9 Å². The van der Waals surface area contributed by atoms with E-state index in [0.29, 0.717) is 6.61 Å². The minimum atomic E-state index is -3.66. The molecule has 0 aromatic heterocycles. The van der Waals surface area contributed by atoms with E-state index in [9.17, 15) is 13.2 Å². The molecule has 2 aromatic rings. The maximum absolute atomic E-state index is 12.4. The van der Waals surface area contributed by atoms with Gasteiger partial charge in [0, 0.05) is 13.1 Å². The molecule has 0 atom stereocenters. The van der Waals surface area contributed by atoms with E-state index in [-0.39, 0.29) is 22.0 Å². The molecule has 9 heteroatoms. The van der Waals surface area contributed by atoms with Gasteiger partial charge in [-0.15, -0.1) is 0 Å². The summed E-state index contributed by atoms with van der Waals surface area (Å²) in [6, 6.07) is 11.4. The van der Waals surface area contributed by atoms with Crippen molar-refractivity contribution in [3.63, 3.8) is 0 Å². The molecule has 0 spiro atoms. The highest BCUT2D eigenvalue weighted by Gasteiger charge is 2.17. The van der Waals surface area contributed by atoms with Crippen LogP contribution in [-0.4, -0.2) is 53.5 Å². The molecule has 7 nitrogen and oxygen atoms in total. The monoisotopic (exact) mass is 425 g/mol. The van der Waals surface area contributed by atoms with Crippen molar-refractivity contribution in [1.29, 1.82) is 0 Å². The number of rotatable bonds is 9. The fourth-order valence-electron chi connectivity index (χ4n) is 2.29. The second kappa shape index (κ2) is 9.88. The highest BCUT2D eigenvalue weighted by atomic mass is 35.5. The summed E-state index contributed by atoms with van der Waals surface area (Å²) in [6.45, 7) is 1.69. The molecule has 0 saturated heterocycles. The number of benzene rings is 2. The second-order valence-corrected chi connectivity index (χ2v) is 8.62. The van der Waals surface area contributed by atoms with Crippen molar-refractivity contribution in [3.05, 3.63) is 58.6 Å². The van der Waals surface area contributed by atoms with Gasteiger partial charge in [-0.05, 0) is 57.0 Å². The highest BCUT2D eigenvalue weighted by molar-refractivity contribution is 7.89. The standard InChI is InChI=1S/C19H24ClN3O4S/c1-21-28(25,26)16-8-9-18(20)17(12-16)19(24)22-13-14-4-6-15(7-5-14)27-11-10-23(2)3/h4-9,12,21H,10-11,13H2,1-3H3,(H,22,24). The Morgan fingerprint density at radius 1 is 1.14 bits per heavy atom. The van der Waals surface area contributed by atoms with Crippen LogP contribution < -0.4 is 14.8 Å². The molecule has 2 N–H and O–H groups in total. The van der Waals surface area contributed by atoms with Crippen LogP contribution in [0.2, 0.25) is 5.02 Å². The van der Waals surface area contributed by atoms with E-state index in [1.807, 2.05) is 43.3 Å². The minimum Gasteiger partial charge on any atom is -0.492 e. The average molecular weight is 426 g/mol. The predicted molar refractivity (Wildman–Crippen MR) is 109 cm³/mol. The number of nitrogens with zero attached hydrogens (tertiary/aromatic N) is 1. The van der Waals surface area contributed by atoms with Crippen LogP contribution in [0.3, 0.4) is 0 Å². The summed E-state index contributed by atoms with van der Waals surface area (Å²) in [5.41, 5.74) is 0.977. The van der Waals surface area contributed by atoms with Crippen LogP contribution in [0.25, 0.3) is 0 Å². The Morgan fingerprint density at radius 3 is 2.43 bits per heavy atom. The SMILES string of the molecule is CNS(=O)(=O)c1ccc(Cl)c(C(=O)NCc2ccc(OCCN(C)C)cc2)c1. The van der Waals surface area contributed by atoms with Crippen molar-refractivity contribution in [3.8, 4) is 5.75 Å². The van der Waals surface area contributed by atoms with Gasteiger partial charge in [0.25, 0.3) is 5.91 Å². The lowest BCUT2D eigenvalue weighted by molar-refractivity contribution is 0.0951. The molecule has 152 valence electrons. The number of carbonyl (C=O) groups is 1. The van der Waals surface area contributed by atoms with Gasteiger partial charge in [0.1, 0.15) is 12.4 Å². The largest absolute Gasteiger partial charge is 0.492 e. The lowest BCUT2D eigenvalue weighted by Gasteiger charge is -2.12. The number of sulfonamides is 1. The van der Waals surface area contributed by atoms with Crippen LogP contribution >= 0.6 is 11.6 Å². The fraction of sp³-hybridized carbons (Fsp3) is 0.316. The van der Waals surface area contributed by atoms with Gasteiger partial charge in [-0.2, -0.15) is 0 Å². The van der Waals surface area contributed by atoms with E-state index in [0.717, 1.165) is 17.9 Å². The normalized spacial score (nSPS) is 11.5. The van der Waals surface area contributed by atoms with E-state index < -0.39 is 15.9 Å². The topological polar surface area (TPSA) is 87.7 Å². The van der Waals surface area contributed by atoms with Gasteiger partial charge in [0.2, 0.25) is 10.0 Å². The van der Waals surface area contributed by atoms with Crippen molar-refractivity contribution in [2.24, 2.45) is 0 Å². The molecule has 0 aliphatic carbocycles. The maximum Gasteiger partial charge on any atom is 0.253 e. The van der Waals surface area contributed by atoms with Crippen LogP contribution in [0.5, 0.6) is 5.75 Å². The Bertz CT molecular complexity index is 915. The number of likely N-dealkylation sites (N-methyl/N-ethyl adjacent to an activating group) is 1. The number of nitrogens with one attached hydrogen (secondary N) is 2. The Hall–Kier alpha value is -2.13. The summed E-state index contributed by atoms with van der Waals surface area (Å²) in [5.74, 6) is 0.300. The molecular weight excluding hydrogens is 402 g/mol. The third kappa shape index (κ3) is 6.20. The molecular formula is C19H24ClN3O4S. The number of hydrogen-bond donors (Lipinski definition) is 2. The van der Waals surface area contributed by atoms with Crippen LogP contribution in [0.15, 0.2) is 47.4 Å². The number of hydrogen-bond acceptors (Lipinski definition) is 5. The fourth-order valence-corrected chi connectivity index (χ4v) is 3.25. The molecule has 28 heavy (non-hydrogen) atoms. The first-order valence-corrected chi connectivity index (χ1v) is 10.5. The zero-order valence-corrected chi connectivity index (χ0v) is 17.6. The average Bonchev–Trinajstić information content (AvgIpc) is 2.67. The summed E-state index contributed by atoms with van der Waals surface area (Å²) in [7, 11) is 1.60. The van der Waals surface area contributed by atoms with Gasteiger partial charge in [0.05, 0.1) is 15.5 Å². The van der Waals surface area contributed by atoms with Gasteiger partial charge in [0.15, 0.2) is 0 Å². The Labute approximate surface area is 170 Å². The Balaban J connectivity index is 1.99. The quantitative estimate of drug-likeness (QED) is 0.642. The van der Waals surface area contributed by atoms with E-state index >= 15 is 0 Å². The van der Waals surface area contributed by atoms with Crippen molar-refractivity contribution in [2.75, 3.05) is 34.3 Å². The summed E-state index contributed by atoms with van der Waals surface area (Å²) >= 11 is 6.06. The molecule has 0 aliphatic heterocycles. The highest BCUT2D eigenvalue weighted by Crippen LogP contribution is 2.20. The summed E-state index contributed by atoms with van der Waals surface area (Å²) in [4.78, 5) is 14.4. The molecule has 1 amide bonds. The molecule has 0 saturated carbocycles. The first-order valence-electron chi connectivity index (χ1n) is 8.60. The summed E-state index contributed by atoms with van der Waals surface area (Å²) < 4.78 is 31.7. The molecule has 0 bridgehead atoms. The van der Waals surface area contributed by atoms with Gasteiger partial charge >= 0.3 is 0 Å². The Morgan fingerprint density at radius 2 is 1.82 bits per heavy atom. The summed E-state index contributed by atoms with van der Waals surface area (Å²) in [5, 5.41) is 2.92. The molecule has 2 rings (SSSR count). The second-order valence-electron chi connectivity index (χ2n) is 6.33. The first-order chi connectivity index (χ1) is 13.2. The van der Waals surface area contributed by atoms with Crippen LogP contribution in [-0.2, 0) is 16.6 Å². The lowest BCUT2D eigenvalue weighted by Crippen LogP contribution is -2.24. The number of ether oxygens (including phenoxy) is 1. The van der Waals surface area contributed by atoms with Crippen LogP contribution in [0.1, 0.15) is 15.9 Å². The molecule has 0 heterocycles. The van der Waals surface area contributed by atoms with E-state index in [4.69, 9.17) is 16.3 Å². The van der Waals surface area contributed by atoms with Crippen LogP contribution in [0.4, 0.5) is 0 Å². The number of carbonyl (C=O) groups excluding carboxylic acids is 1. The third-order valence-electron chi connectivity index (χ3n) is 3.95. The predicted octanol–water partition coefficient (Wildman–Crippen LogP) is 2.12. The van der Waals surface area contributed by atoms with Gasteiger partial charge < -0.3 is 15.0 Å². The Kier molecular flexibility index (Phi) is 7.82.